The molecule has 0 saturated heterocycles. The molecule has 7 heteroatoms. The highest BCUT2D eigenvalue weighted by Crippen LogP contribution is 2.12. The average Bonchev–Trinajstić information content (AvgIpc) is 2.28. The third-order valence-corrected chi connectivity index (χ3v) is 4.39. The molecule has 0 saturated carbocycles. The fourth-order valence-electron chi connectivity index (χ4n) is 1.20. The van der Waals surface area contributed by atoms with Gasteiger partial charge in [0.05, 0.1) is 4.90 Å². The van der Waals surface area contributed by atoms with Gasteiger partial charge in [-0.15, -0.1) is 0 Å². The summed E-state index contributed by atoms with van der Waals surface area (Å²) < 4.78 is 36.8. The maximum Gasteiger partial charge on any atom is 0.240 e. The molecule has 0 bridgehead atoms. The van der Waals surface area contributed by atoms with Crippen LogP contribution in [0.25, 0.3) is 0 Å². The maximum atomic E-state index is 11.8. The van der Waals surface area contributed by atoms with Gasteiger partial charge in [-0.25, -0.2) is 13.1 Å². The Balaban J connectivity index is 2.72. The van der Waals surface area contributed by atoms with Gasteiger partial charge in [0.25, 0.3) is 0 Å². The van der Waals surface area contributed by atoms with Crippen LogP contribution in [0, 0.1) is 0 Å². The minimum atomic E-state index is -3.49. The van der Waals surface area contributed by atoms with Gasteiger partial charge in [-0.05, 0) is 24.3 Å². The van der Waals surface area contributed by atoms with Crippen LogP contribution in [0.5, 0.6) is 0 Å². The number of nitrogens with one attached hydrogen (secondary N) is 2. The molecule has 0 fully saturated rings. The standard InChI is InChI=1S/C10H16N2O3S2/c1-11-9-3-5-10(6-4-9)17(14,15)12-7-8-16(2)13/h3-6,11-12H,7-8H2,1-2H3. The van der Waals surface area contributed by atoms with Gasteiger partial charge in [0, 0.05) is 42.1 Å². The normalized spacial score (nSPS) is 13.3. The van der Waals surface area contributed by atoms with E-state index in [0.717, 1.165) is 5.69 Å². The van der Waals surface area contributed by atoms with Crippen LogP contribution in [0.15, 0.2) is 29.2 Å². The van der Waals surface area contributed by atoms with Crippen LogP contribution in [0.2, 0.25) is 0 Å². The second-order valence-electron chi connectivity index (χ2n) is 3.45. The van der Waals surface area contributed by atoms with Crippen LogP contribution in [0.1, 0.15) is 0 Å². The Morgan fingerprint density at radius 3 is 2.29 bits per heavy atom. The van der Waals surface area contributed by atoms with Crippen LogP contribution in [-0.2, 0) is 20.8 Å². The molecule has 0 aliphatic heterocycles. The quantitative estimate of drug-likeness (QED) is 0.788. The summed E-state index contributed by atoms with van der Waals surface area (Å²) in [7, 11) is -2.73. The van der Waals surface area contributed by atoms with Crippen molar-refractivity contribution in [3.63, 3.8) is 0 Å². The first-order valence-corrected chi connectivity index (χ1v) is 8.24. The van der Waals surface area contributed by atoms with Crippen molar-refractivity contribution in [3.05, 3.63) is 24.3 Å². The molecule has 1 aromatic rings. The maximum absolute atomic E-state index is 11.8. The second kappa shape index (κ2) is 6.13. The Bertz CT molecular complexity index is 483. The fraction of sp³-hybridized carbons (Fsp3) is 0.400. The van der Waals surface area contributed by atoms with Gasteiger partial charge < -0.3 is 5.32 Å². The van der Waals surface area contributed by atoms with Crippen molar-refractivity contribution >= 4 is 26.5 Å². The zero-order valence-corrected chi connectivity index (χ0v) is 11.4. The van der Waals surface area contributed by atoms with Crippen LogP contribution < -0.4 is 10.0 Å². The van der Waals surface area contributed by atoms with Crippen molar-refractivity contribution in [1.29, 1.82) is 0 Å². The minimum absolute atomic E-state index is 0.180. The van der Waals surface area contributed by atoms with Gasteiger partial charge in [0.1, 0.15) is 0 Å². The van der Waals surface area contributed by atoms with E-state index in [4.69, 9.17) is 0 Å². The molecule has 0 aliphatic carbocycles. The number of rotatable bonds is 6. The molecule has 1 rings (SSSR count). The predicted octanol–water partition coefficient (Wildman–Crippen LogP) is 0.385. The van der Waals surface area contributed by atoms with Crippen LogP contribution in [-0.4, -0.2) is 38.2 Å². The van der Waals surface area contributed by atoms with Gasteiger partial charge in [-0.1, -0.05) is 0 Å². The first-order chi connectivity index (χ1) is 7.95. The molecule has 0 aromatic heterocycles. The topological polar surface area (TPSA) is 75.3 Å². The molecule has 1 unspecified atom stereocenters. The van der Waals surface area contributed by atoms with Crippen molar-refractivity contribution in [1.82, 2.24) is 4.72 Å². The Morgan fingerprint density at radius 1 is 1.24 bits per heavy atom. The van der Waals surface area contributed by atoms with Crippen molar-refractivity contribution in [2.24, 2.45) is 0 Å². The van der Waals surface area contributed by atoms with Crippen LogP contribution in [0.4, 0.5) is 5.69 Å². The molecule has 0 aliphatic rings. The van der Waals surface area contributed by atoms with Crippen molar-refractivity contribution in [2.45, 2.75) is 4.90 Å². The summed E-state index contributed by atoms with van der Waals surface area (Å²) in [6, 6.07) is 6.42. The van der Waals surface area contributed by atoms with E-state index >= 15 is 0 Å². The summed E-state index contributed by atoms with van der Waals surface area (Å²) in [6.07, 6.45) is 1.54. The van der Waals surface area contributed by atoms with Crippen LogP contribution >= 0.6 is 0 Å². The SMILES string of the molecule is CNc1ccc(S(=O)(=O)NCCS(C)=O)cc1. The Morgan fingerprint density at radius 2 is 1.82 bits per heavy atom. The van der Waals surface area contributed by atoms with Gasteiger partial charge in [-0.3, -0.25) is 4.21 Å². The van der Waals surface area contributed by atoms with E-state index in [2.05, 4.69) is 10.0 Å². The summed E-state index contributed by atoms with van der Waals surface area (Å²) in [4.78, 5) is 0.207. The molecule has 17 heavy (non-hydrogen) atoms. The van der Waals surface area contributed by atoms with Crippen molar-refractivity contribution in [2.75, 3.05) is 30.9 Å². The molecule has 2 N–H and O–H groups in total. The number of benzene rings is 1. The van der Waals surface area contributed by atoms with E-state index in [-0.39, 0.29) is 11.4 Å². The highest BCUT2D eigenvalue weighted by Gasteiger charge is 2.12. The first-order valence-electron chi connectivity index (χ1n) is 5.03. The molecule has 1 aromatic carbocycles. The Kier molecular flexibility index (Phi) is 5.10. The van der Waals surface area contributed by atoms with Gasteiger partial charge >= 0.3 is 0 Å². The van der Waals surface area contributed by atoms with Gasteiger partial charge in [0.2, 0.25) is 10.0 Å². The summed E-state index contributed by atoms with van der Waals surface area (Å²) in [5, 5.41) is 2.91. The zero-order valence-electron chi connectivity index (χ0n) is 9.76. The second-order valence-corrected chi connectivity index (χ2v) is 6.77. The van der Waals surface area contributed by atoms with Gasteiger partial charge in [-0.2, -0.15) is 0 Å². The molecule has 0 amide bonds. The molecule has 5 nitrogen and oxygen atoms in total. The number of hydrogen-bond acceptors (Lipinski definition) is 4. The third kappa shape index (κ3) is 4.45. The molecule has 1 atom stereocenters. The molecule has 0 radical (unpaired) electrons. The highest BCUT2D eigenvalue weighted by atomic mass is 32.2. The number of hydrogen-bond donors (Lipinski definition) is 2. The van der Waals surface area contributed by atoms with E-state index in [9.17, 15) is 12.6 Å². The van der Waals surface area contributed by atoms with Crippen molar-refractivity contribution in [3.8, 4) is 0 Å². The summed E-state index contributed by atoms with van der Waals surface area (Å²) >= 11 is 0. The number of sulfonamides is 1. The highest BCUT2D eigenvalue weighted by molar-refractivity contribution is 7.89. The smallest absolute Gasteiger partial charge is 0.240 e. The third-order valence-electron chi connectivity index (χ3n) is 2.13. The van der Waals surface area contributed by atoms with E-state index in [1.165, 1.54) is 18.4 Å². The minimum Gasteiger partial charge on any atom is -0.388 e. The Hall–Kier alpha value is -0.920. The number of anilines is 1. The van der Waals surface area contributed by atoms with Gasteiger partial charge in [0.15, 0.2) is 0 Å². The zero-order chi connectivity index (χ0) is 12.9. The predicted molar refractivity (Wildman–Crippen MR) is 70.1 cm³/mol. The Labute approximate surface area is 104 Å². The molecular formula is C10H16N2O3S2. The molecule has 96 valence electrons. The summed E-state index contributed by atoms with van der Waals surface area (Å²) in [5.74, 6) is 0.313. The fourth-order valence-corrected chi connectivity index (χ4v) is 2.75. The monoisotopic (exact) mass is 276 g/mol. The van der Waals surface area contributed by atoms with Crippen LogP contribution in [0.3, 0.4) is 0 Å². The van der Waals surface area contributed by atoms with E-state index in [1.54, 1.807) is 19.2 Å². The lowest BCUT2D eigenvalue weighted by Gasteiger charge is -2.06. The molecule has 0 heterocycles. The van der Waals surface area contributed by atoms with E-state index in [1.807, 2.05) is 0 Å². The van der Waals surface area contributed by atoms with Crippen molar-refractivity contribution < 1.29 is 12.6 Å². The lowest BCUT2D eigenvalue weighted by atomic mass is 10.3. The average molecular weight is 276 g/mol. The lowest BCUT2D eigenvalue weighted by molar-refractivity contribution is 0.584. The largest absolute Gasteiger partial charge is 0.388 e. The molecule has 0 spiro atoms. The van der Waals surface area contributed by atoms with E-state index < -0.39 is 20.8 Å². The molecular weight excluding hydrogens is 260 g/mol. The van der Waals surface area contributed by atoms with E-state index in [0.29, 0.717) is 5.75 Å². The first kappa shape index (κ1) is 14.1. The lowest BCUT2D eigenvalue weighted by Crippen LogP contribution is -2.27. The summed E-state index contributed by atoms with van der Waals surface area (Å²) in [6.45, 7) is 0.180. The summed E-state index contributed by atoms with van der Waals surface area (Å²) in [5.41, 5.74) is 0.846.